The molecule has 0 spiro atoms. The van der Waals surface area contributed by atoms with Crippen LogP contribution in [-0.4, -0.2) is 23.5 Å². The molecule has 2 nitrogen and oxygen atoms in total. The number of halogens is 2. The van der Waals surface area contributed by atoms with E-state index in [0.29, 0.717) is 24.6 Å². The van der Waals surface area contributed by atoms with E-state index in [1.165, 1.54) is 18.6 Å². The number of likely N-dealkylation sites (N-methyl/N-ethyl adjacent to an activating group) is 1. The molecule has 2 unspecified atom stereocenters. The van der Waals surface area contributed by atoms with Crippen molar-refractivity contribution in [1.82, 2.24) is 4.90 Å². The second-order valence-corrected chi connectivity index (χ2v) is 6.38. The van der Waals surface area contributed by atoms with Crippen molar-refractivity contribution >= 4 is 0 Å². The van der Waals surface area contributed by atoms with Crippen molar-refractivity contribution in [1.29, 1.82) is 0 Å². The molecule has 0 aliphatic heterocycles. The standard InChI is InChI=1S/C17H26F2N2/c1-3-21(11-14-9-15(18)6-7-16(14)19)17(12-20)8-4-5-13(2)10-17/h6-7,9,13H,3-5,8,10-12,20H2,1-2H3. The molecule has 1 fully saturated rings. The monoisotopic (exact) mass is 296 g/mol. The molecule has 1 aliphatic carbocycles. The van der Waals surface area contributed by atoms with E-state index < -0.39 is 0 Å². The van der Waals surface area contributed by atoms with Gasteiger partial charge in [0.2, 0.25) is 0 Å². The van der Waals surface area contributed by atoms with Crippen molar-refractivity contribution in [2.45, 2.75) is 51.6 Å². The van der Waals surface area contributed by atoms with E-state index in [2.05, 4.69) is 18.7 Å². The van der Waals surface area contributed by atoms with Gasteiger partial charge in [0.1, 0.15) is 11.6 Å². The lowest BCUT2D eigenvalue weighted by Gasteiger charge is -2.47. The third kappa shape index (κ3) is 3.61. The molecule has 0 radical (unpaired) electrons. The first-order valence-corrected chi connectivity index (χ1v) is 7.90. The van der Waals surface area contributed by atoms with Crippen LogP contribution in [0.15, 0.2) is 18.2 Å². The Kier molecular flexibility index (Phi) is 5.33. The van der Waals surface area contributed by atoms with Gasteiger partial charge in [-0.05, 0) is 43.5 Å². The van der Waals surface area contributed by atoms with E-state index >= 15 is 0 Å². The Morgan fingerprint density at radius 1 is 1.38 bits per heavy atom. The summed E-state index contributed by atoms with van der Waals surface area (Å²) >= 11 is 0. The molecule has 1 aromatic carbocycles. The Morgan fingerprint density at radius 3 is 2.76 bits per heavy atom. The zero-order chi connectivity index (χ0) is 15.5. The molecule has 2 atom stereocenters. The molecule has 2 rings (SSSR count). The zero-order valence-electron chi connectivity index (χ0n) is 13.0. The molecule has 0 amide bonds. The summed E-state index contributed by atoms with van der Waals surface area (Å²) in [6.07, 6.45) is 4.46. The molecule has 1 saturated carbocycles. The van der Waals surface area contributed by atoms with Crippen molar-refractivity contribution in [2.75, 3.05) is 13.1 Å². The Balaban J connectivity index is 2.23. The molecule has 2 N–H and O–H groups in total. The van der Waals surface area contributed by atoms with Gasteiger partial charge in [-0.1, -0.05) is 26.7 Å². The van der Waals surface area contributed by atoms with Crippen molar-refractivity contribution in [3.63, 3.8) is 0 Å². The maximum Gasteiger partial charge on any atom is 0.127 e. The summed E-state index contributed by atoms with van der Waals surface area (Å²) in [5, 5.41) is 0. The first kappa shape index (κ1) is 16.4. The molecular weight excluding hydrogens is 270 g/mol. The van der Waals surface area contributed by atoms with E-state index in [9.17, 15) is 8.78 Å². The van der Waals surface area contributed by atoms with Crippen LogP contribution in [0.25, 0.3) is 0 Å². The Bertz CT molecular complexity index is 478. The lowest BCUT2D eigenvalue weighted by molar-refractivity contribution is 0.0358. The molecule has 21 heavy (non-hydrogen) atoms. The van der Waals surface area contributed by atoms with Crippen LogP contribution in [0.1, 0.15) is 45.1 Å². The van der Waals surface area contributed by atoms with Gasteiger partial charge < -0.3 is 5.73 Å². The second kappa shape index (κ2) is 6.84. The number of nitrogens with zero attached hydrogens (tertiary/aromatic N) is 1. The number of hydrogen-bond donors (Lipinski definition) is 1. The van der Waals surface area contributed by atoms with Gasteiger partial charge in [0, 0.05) is 24.2 Å². The fraction of sp³-hybridized carbons (Fsp3) is 0.647. The van der Waals surface area contributed by atoms with Crippen LogP contribution in [0.5, 0.6) is 0 Å². The van der Waals surface area contributed by atoms with Crippen molar-refractivity contribution in [3.8, 4) is 0 Å². The molecule has 4 heteroatoms. The van der Waals surface area contributed by atoms with E-state index in [-0.39, 0.29) is 17.2 Å². The van der Waals surface area contributed by atoms with Crippen LogP contribution < -0.4 is 5.73 Å². The minimum atomic E-state index is -0.388. The van der Waals surface area contributed by atoms with Gasteiger partial charge in [-0.15, -0.1) is 0 Å². The van der Waals surface area contributed by atoms with Crippen LogP contribution in [0.4, 0.5) is 8.78 Å². The Hall–Kier alpha value is -1.00. The van der Waals surface area contributed by atoms with Crippen molar-refractivity contribution in [2.24, 2.45) is 11.7 Å². The minimum Gasteiger partial charge on any atom is -0.329 e. The lowest BCUT2D eigenvalue weighted by atomic mass is 9.75. The van der Waals surface area contributed by atoms with Gasteiger partial charge >= 0.3 is 0 Å². The maximum atomic E-state index is 13.9. The highest BCUT2D eigenvalue weighted by Gasteiger charge is 2.38. The molecule has 0 aromatic heterocycles. The average Bonchev–Trinajstić information content (AvgIpc) is 2.48. The summed E-state index contributed by atoms with van der Waals surface area (Å²) in [7, 11) is 0. The number of nitrogens with two attached hydrogens (primary N) is 1. The average molecular weight is 296 g/mol. The normalized spacial score (nSPS) is 26.3. The van der Waals surface area contributed by atoms with Crippen molar-refractivity contribution in [3.05, 3.63) is 35.4 Å². The first-order chi connectivity index (χ1) is 10.0. The molecule has 0 saturated heterocycles. The van der Waals surface area contributed by atoms with Gasteiger partial charge in [-0.3, -0.25) is 4.90 Å². The summed E-state index contributed by atoms with van der Waals surface area (Å²) in [6, 6.07) is 3.67. The predicted molar refractivity (Wildman–Crippen MR) is 81.9 cm³/mol. The third-order valence-electron chi connectivity index (χ3n) is 4.87. The largest absolute Gasteiger partial charge is 0.329 e. The molecule has 1 aliphatic rings. The molecule has 1 aromatic rings. The number of hydrogen-bond acceptors (Lipinski definition) is 2. The van der Waals surface area contributed by atoms with Gasteiger partial charge in [0.15, 0.2) is 0 Å². The highest BCUT2D eigenvalue weighted by atomic mass is 19.1. The summed E-state index contributed by atoms with van der Waals surface area (Å²) in [6.45, 7) is 6.10. The van der Waals surface area contributed by atoms with Crippen molar-refractivity contribution < 1.29 is 8.78 Å². The summed E-state index contributed by atoms with van der Waals surface area (Å²) < 4.78 is 27.3. The zero-order valence-corrected chi connectivity index (χ0v) is 13.0. The maximum absolute atomic E-state index is 13.9. The van der Waals surface area contributed by atoms with Crippen LogP contribution >= 0.6 is 0 Å². The van der Waals surface area contributed by atoms with E-state index in [0.717, 1.165) is 31.9 Å². The van der Waals surface area contributed by atoms with E-state index in [1.807, 2.05) is 0 Å². The highest BCUT2D eigenvalue weighted by Crippen LogP contribution is 2.37. The molecule has 0 heterocycles. The van der Waals surface area contributed by atoms with E-state index in [4.69, 9.17) is 5.73 Å². The number of benzene rings is 1. The summed E-state index contributed by atoms with van der Waals surface area (Å²) in [5.74, 6) is -0.0964. The van der Waals surface area contributed by atoms with Crippen LogP contribution in [-0.2, 0) is 6.54 Å². The SMILES string of the molecule is CCN(Cc1cc(F)ccc1F)C1(CN)CCCC(C)C1. The van der Waals surface area contributed by atoms with Gasteiger partial charge in [0.05, 0.1) is 0 Å². The van der Waals surface area contributed by atoms with Gasteiger partial charge in [-0.2, -0.15) is 0 Å². The predicted octanol–water partition coefficient (Wildman–Crippen LogP) is 3.69. The smallest absolute Gasteiger partial charge is 0.127 e. The van der Waals surface area contributed by atoms with Crippen LogP contribution in [0, 0.1) is 17.6 Å². The summed E-state index contributed by atoms with van der Waals surface area (Å²) in [4.78, 5) is 2.24. The fourth-order valence-corrected chi connectivity index (χ4v) is 3.72. The minimum absolute atomic E-state index is 0.0782. The summed E-state index contributed by atoms with van der Waals surface area (Å²) in [5.41, 5.74) is 6.43. The quantitative estimate of drug-likeness (QED) is 0.898. The topological polar surface area (TPSA) is 29.3 Å². The third-order valence-corrected chi connectivity index (χ3v) is 4.87. The first-order valence-electron chi connectivity index (χ1n) is 7.90. The Labute approximate surface area is 126 Å². The van der Waals surface area contributed by atoms with Gasteiger partial charge in [-0.25, -0.2) is 8.78 Å². The van der Waals surface area contributed by atoms with Gasteiger partial charge in [0.25, 0.3) is 0 Å². The fourth-order valence-electron chi connectivity index (χ4n) is 3.72. The highest BCUT2D eigenvalue weighted by molar-refractivity contribution is 5.19. The van der Waals surface area contributed by atoms with Crippen LogP contribution in [0.2, 0.25) is 0 Å². The second-order valence-electron chi connectivity index (χ2n) is 6.38. The van der Waals surface area contributed by atoms with E-state index in [1.54, 1.807) is 0 Å². The molecule has 118 valence electrons. The number of rotatable bonds is 5. The molecule has 0 bridgehead atoms. The lowest BCUT2D eigenvalue weighted by Crippen LogP contribution is -2.55. The van der Waals surface area contributed by atoms with Crippen LogP contribution in [0.3, 0.4) is 0 Å². The Morgan fingerprint density at radius 2 is 2.14 bits per heavy atom. The molecular formula is C17H26F2N2.